The maximum Gasteiger partial charge on any atom is 0.246 e. The van der Waals surface area contributed by atoms with Crippen molar-refractivity contribution in [2.75, 3.05) is 18.0 Å². The van der Waals surface area contributed by atoms with Crippen LogP contribution in [0.3, 0.4) is 0 Å². The van der Waals surface area contributed by atoms with Gasteiger partial charge in [-0.25, -0.2) is 0 Å². The Balaban J connectivity index is 1.50. The molecule has 2 aromatic carbocycles. The van der Waals surface area contributed by atoms with Gasteiger partial charge in [0.25, 0.3) is 0 Å². The first kappa shape index (κ1) is 24.3. The van der Waals surface area contributed by atoms with E-state index < -0.39 is 28.5 Å². The molecule has 9 nitrogen and oxygen atoms in total. The Labute approximate surface area is 213 Å². The fourth-order valence-corrected chi connectivity index (χ4v) is 5.35. The van der Waals surface area contributed by atoms with Crippen molar-refractivity contribution in [1.29, 1.82) is 0 Å². The van der Waals surface area contributed by atoms with Gasteiger partial charge >= 0.3 is 0 Å². The monoisotopic (exact) mass is 502 g/mol. The van der Waals surface area contributed by atoms with Gasteiger partial charge in [0.1, 0.15) is 34.0 Å². The number of nitrogens with one attached hydrogen (secondary N) is 1. The molecule has 3 N–H and O–H groups in total. The van der Waals surface area contributed by atoms with Gasteiger partial charge in [-0.15, -0.1) is 0 Å². The van der Waals surface area contributed by atoms with Crippen LogP contribution in [0.5, 0.6) is 17.2 Å². The maximum absolute atomic E-state index is 13.8. The highest BCUT2D eigenvalue weighted by molar-refractivity contribution is 6.31. The average Bonchev–Trinajstić information content (AvgIpc) is 3.41. The van der Waals surface area contributed by atoms with Gasteiger partial charge in [0.15, 0.2) is 17.3 Å². The van der Waals surface area contributed by atoms with E-state index in [0.29, 0.717) is 6.54 Å². The standard InChI is InChI=1S/C28H26N2O7/c1-13-24(34)22(15(3)31)26-23(25(13)35)28(4)19(37-26)11-18(32)21(27(28)36)14(2)29-12-20(33)30-10-9-16-7-5-6-8-17(16)30/h5-8,11,29,34-35H,9-10,12H2,1-4H3/b21-14+/t28-/m1/s1. The number of anilines is 1. The van der Waals surface area contributed by atoms with Crippen LogP contribution >= 0.6 is 0 Å². The number of para-hydroxylation sites is 1. The number of Topliss-reactive ketones (excluding diaryl/α,β-unsaturated/α-hetero) is 2. The number of carbonyl (C=O) groups is 4. The van der Waals surface area contributed by atoms with E-state index in [1.54, 1.807) is 4.90 Å². The topological polar surface area (TPSA) is 133 Å². The van der Waals surface area contributed by atoms with Crippen LogP contribution in [-0.2, 0) is 26.2 Å². The molecule has 1 amide bonds. The molecule has 190 valence electrons. The minimum absolute atomic E-state index is 0.0202. The molecule has 0 bridgehead atoms. The Kier molecular flexibility index (Phi) is 5.47. The summed E-state index contributed by atoms with van der Waals surface area (Å²) in [5.41, 5.74) is 0.239. The van der Waals surface area contributed by atoms with Crippen LogP contribution in [0.15, 0.2) is 47.4 Å². The number of allylic oxidation sites excluding steroid dienone is 4. The van der Waals surface area contributed by atoms with E-state index in [2.05, 4.69) is 5.32 Å². The summed E-state index contributed by atoms with van der Waals surface area (Å²) in [5, 5.41) is 24.3. The summed E-state index contributed by atoms with van der Waals surface area (Å²) < 4.78 is 5.77. The number of hydrogen-bond donors (Lipinski definition) is 3. The van der Waals surface area contributed by atoms with E-state index in [-0.39, 0.29) is 57.7 Å². The quantitative estimate of drug-likeness (QED) is 0.330. The maximum atomic E-state index is 13.8. The molecule has 0 saturated heterocycles. The Hall–Kier alpha value is -4.40. The Morgan fingerprint density at radius 2 is 1.84 bits per heavy atom. The molecule has 1 aliphatic carbocycles. The highest BCUT2D eigenvalue weighted by Gasteiger charge is 2.56. The van der Waals surface area contributed by atoms with Crippen LogP contribution in [0.4, 0.5) is 5.69 Å². The van der Waals surface area contributed by atoms with Crippen molar-refractivity contribution in [2.24, 2.45) is 0 Å². The van der Waals surface area contributed by atoms with Crippen LogP contribution in [0, 0.1) is 6.92 Å². The van der Waals surface area contributed by atoms with E-state index in [1.807, 2.05) is 24.3 Å². The second kappa shape index (κ2) is 8.33. The molecule has 2 aliphatic heterocycles. The zero-order valence-corrected chi connectivity index (χ0v) is 20.9. The van der Waals surface area contributed by atoms with E-state index in [4.69, 9.17) is 4.74 Å². The third-order valence-corrected chi connectivity index (χ3v) is 7.45. The highest BCUT2D eigenvalue weighted by Crippen LogP contribution is 2.57. The molecule has 0 radical (unpaired) electrons. The highest BCUT2D eigenvalue weighted by atomic mass is 16.5. The second-order valence-electron chi connectivity index (χ2n) is 9.66. The first-order valence-electron chi connectivity index (χ1n) is 11.9. The molecule has 2 aromatic rings. The van der Waals surface area contributed by atoms with Crippen molar-refractivity contribution in [2.45, 2.75) is 39.5 Å². The van der Waals surface area contributed by atoms with Crippen molar-refractivity contribution in [1.82, 2.24) is 5.32 Å². The summed E-state index contributed by atoms with van der Waals surface area (Å²) in [4.78, 5) is 53.8. The van der Waals surface area contributed by atoms with Gasteiger partial charge < -0.3 is 25.2 Å². The van der Waals surface area contributed by atoms with Gasteiger partial charge in [0.2, 0.25) is 5.91 Å². The molecule has 3 aliphatic rings. The molecule has 0 spiro atoms. The molecule has 0 fully saturated rings. The molecule has 1 atom stereocenters. The lowest BCUT2D eigenvalue weighted by atomic mass is 9.70. The van der Waals surface area contributed by atoms with E-state index in [1.165, 1.54) is 27.7 Å². The lowest BCUT2D eigenvalue weighted by Crippen LogP contribution is -2.42. The van der Waals surface area contributed by atoms with E-state index in [9.17, 15) is 29.4 Å². The molecule has 0 unspecified atom stereocenters. The number of amides is 1. The number of fused-ring (bicyclic) bond motifs is 4. The first-order valence-corrected chi connectivity index (χ1v) is 11.9. The minimum Gasteiger partial charge on any atom is -0.507 e. The number of rotatable bonds is 4. The number of ketones is 3. The average molecular weight is 503 g/mol. The van der Waals surface area contributed by atoms with E-state index >= 15 is 0 Å². The Morgan fingerprint density at radius 3 is 2.54 bits per heavy atom. The third kappa shape index (κ3) is 3.37. The number of nitrogens with zero attached hydrogens (tertiary/aromatic N) is 1. The molecule has 37 heavy (non-hydrogen) atoms. The van der Waals surface area contributed by atoms with Crippen molar-refractivity contribution in [3.63, 3.8) is 0 Å². The van der Waals surface area contributed by atoms with Crippen LogP contribution in [0.25, 0.3) is 0 Å². The summed E-state index contributed by atoms with van der Waals surface area (Å²) in [7, 11) is 0. The van der Waals surface area contributed by atoms with Crippen molar-refractivity contribution in [3.8, 4) is 17.2 Å². The molecular weight excluding hydrogens is 476 g/mol. The van der Waals surface area contributed by atoms with Crippen molar-refractivity contribution >= 4 is 28.9 Å². The van der Waals surface area contributed by atoms with Gasteiger partial charge in [-0.1, -0.05) is 18.2 Å². The largest absolute Gasteiger partial charge is 0.507 e. The number of phenolic OH excluding ortho intramolecular Hbond substituents is 2. The fourth-order valence-electron chi connectivity index (χ4n) is 5.35. The summed E-state index contributed by atoms with van der Waals surface area (Å²) in [6.07, 6.45) is 1.90. The smallest absolute Gasteiger partial charge is 0.246 e. The minimum atomic E-state index is -1.60. The van der Waals surface area contributed by atoms with Crippen LogP contribution in [-0.4, -0.2) is 46.6 Å². The summed E-state index contributed by atoms with van der Waals surface area (Å²) >= 11 is 0. The Bertz CT molecular complexity index is 1500. The van der Waals surface area contributed by atoms with Crippen molar-refractivity contribution < 1.29 is 34.1 Å². The Morgan fingerprint density at radius 1 is 1.14 bits per heavy atom. The zero-order valence-electron chi connectivity index (χ0n) is 20.9. The molecule has 9 heteroatoms. The van der Waals surface area contributed by atoms with E-state index in [0.717, 1.165) is 23.7 Å². The predicted octanol–water partition coefficient (Wildman–Crippen LogP) is 2.75. The lowest BCUT2D eigenvalue weighted by molar-refractivity contribution is -0.124. The number of hydrogen-bond acceptors (Lipinski definition) is 8. The molecule has 0 saturated carbocycles. The summed E-state index contributed by atoms with van der Waals surface area (Å²) in [6, 6.07) is 7.65. The molecule has 0 aromatic heterocycles. The SMILES string of the molecule is CC(=O)c1c(O)c(C)c(O)c2c1OC1=CC(=O)/C(=C(/C)NCC(=O)N3CCc4ccccc43)C(=O)[C@]12C. The number of carbonyl (C=O) groups excluding carboxylic acids is 4. The number of benzene rings is 2. The number of ether oxygens (including phenoxy) is 1. The lowest BCUT2D eigenvalue weighted by Gasteiger charge is -2.29. The first-order chi connectivity index (χ1) is 17.5. The van der Waals surface area contributed by atoms with Gasteiger partial charge in [-0.2, -0.15) is 0 Å². The molecule has 2 heterocycles. The predicted molar refractivity (Wildman–Crippen MR) is 134 cm³/mol. The normalized spacial score (nSPS) is 21.1. The second-order valence-corrected chi connectivity index (χ2v) is 9.66. The fraction of sp³-hybridized carbons (Fsp3) is 0.286. The van der Waals surface area contributed by atoms with Gasteiger partial charge in [0, 0.05) is 29.6 Å². The molecular formula is C28H26N2O7. The van der Waals surface area contributed by atoms with Crippen molar-refractivity contribution in [3.05, 3.63) is 69.6 Å². The zero-order chi connectivity index (χ0) is 26.8. The van der Waals surface area contributed by atoms with Gasteiger partial charge in [-0.3, -0.25) is 19.2 Å². The third-order valence-electron chi connectivity index (χ3n) is 7.45. The number of phenols is 2. The van der Waals surface area contributed by atoms with Crippen LogP contribution in [0.2, 0.25) is 0 Å². The van der Waals surface area contributed by atoms with Crippen LogP contribution in [0.1, 0.15) is 47.8 Å². The number of aromatic hydroxyl groups is 2. The van der Waals surface area contributed by atoms with Crippen LogP contribution < -0.4 is 15.0 Å². The summed E-state index contributed by atoms with van der Waals surface area (Å²) in [6.45, 7) is 6.12. The van der Waals surface area contributed by atoms with Gasteiger partial charge in [0.05, 0.1) is 17.7 Å². The summed E-state index contributed by atoms with van der Waals surface area (Å²) in [5.74, 6) is -3.01. The van der Waals surface area contributed by atoms with Gasteiger partial charge in [-0.05, 0) is 45.7 Å². The molecule has 5 rings (SSSR count).